The van der Waals surface area contributed by atoms with Crippen LogP contribution in [0.2, 0.25) is 0 Å². The van der Waals surface area contributed by atoms with Crippen molar-refractivity contribution in [3.8, 4) is 22.9 Å². The van der Waals surface area contributed by atoms with Crippen LogP contribution in [0, 0.1) is 0 Å². The maximum Gasteiger partial charge on any atom is 0.248 e. The molecule has 0 aliphatic carbocycles. The van der Waals surface area contributed by atoms with E-state index in [0.29, 0.717) is 11.8 Å². The van der Waals surface area contributed by atoms with Crippen molar-refractivity contribution in [1.82, 2.24) is 15.2 Å². The number of hydrogen-bond donors (Lipinski definition) is 0. The molecule has 29 heavy (non-hydrogen) atoms. The lowest BCUT2D eigenvalue weighted by molar-refractivity contribution is 0.584. The number of aromatic nitrogens is 3. The number of hydrogen-bond acceptors (Lipinski definition) is 4. The summed E-state index contributed by atoms with van der Waals surface area (Å²) in [5.41, 5.74) is 3.80. The molecule has 0 amide bonds. The predicted octanol–water partition coefficient (Wildman–Crippen LogP) is 6.12. The van der Waals surface area contributed by atoms with E-state index in [9.17, 15) is 0 Å². The van der Waals surface area contributed by atoms with Gasteiger partial charge in [0, 0.05) is 17.3 Å². The zero-order valence-electron chi connectivity index (χ0n) is 15.6. The van der Waals surface area contributed by atoms with Crippen LogP contribution >= 0.6 is 0 Å². The highest BCUT2D eigenvalue weighted by Gasteiger charge is 2.11. The molecule has 4 nitrogen and oxygen atoms in total. The molecule has 0 N–H and O–H groups in total. The van der Waals surface area contributed by atoms with E-state index in [1.165, 1.54) is 5.39 Å². The first-order valence-corrected chi connectivity index (χ1v) is 9.37. The molecule has 0 fully saturated rings. The normalized spacial score (nSPS) is 11.3. The van der Waals surface area contributed by atoms with Gasteiger partial charge in [0.25, 0.3) is 0 Å². The van der Waals surface area contributed by atoms with E-state index in [1.807, 2.05) is 72.8 Å². The maximum absolute atomic E-state index is 5.92. The topological polar surface area (TPSA) is 51.8 Å². The van der Waals surface area contributed by atoms with Gasteiger partial charge < -0.3 is 4.42 Å². The molecule has 138 valence electrons. The van der Waals surface area contributed by atoms with Gasteiger partial charge in [-0.25, -0.2) is 0 Å². The monoisotopic (exact) mass is 375 g/mol. The second-order valence-electron chi connectivity index (χ2n) is 6.68. The lowest BCUT2D eigenvalue weighted by atomic mass is 10.1. The zero-order valence-corrected chi connectivity index (χ0v) is 15.6. The van der Waals surface area contributed by atoms with Crippen LogP contribution in [0.15, 0.2) is 95.5 Å². The lowest BCUT2D eigenvalue weighted by Crippen LogP contribution is -1.80. The molecule has 0 aliphatic heterocycles. The van der Waals surface area contributed by atoms with Gasteiger partial charge in [-0.15, -0.1) is 10.2 Å². The molecular formula is C25H17N3O. The third-order valence-electron chi connectivity index (χ3n) is 4.71. The molecule has 0 unspecified atom stereocenters. The Labute approximate surface area is 168 Å². The van der Waals surface area contributed by atoms with Crippen LogP contribution in [0.1, 0.15) is 11.3 Å². The van der Waals surface area contributed by atoms with Crippen molar-refractivity contribution >= 4 is 22.9 Å². The van der Waals surface area contributed by atoms with E-state index < -0.39 is 0 Å². The van der Waals surface area contributed by atoms with Crippen molar-refractivity contribution in [2.24, 2.45) is 0 Å². The Hall–Kier alpha value is -4.05. The molecule has 2 heterocycles. The van der Waals surface area contributed by atoms with Crippen LogP contribution in [-0.4, -0.2) is 15.2 Å². The third-order valence-corrected chi connectivity index (χ3v) is 4.71. The molecule has 0 spiro atoms. The van der Waals surface area contributed by atoms with Gasteiger partial charge in [-0.2, -0.15) is 0 Å². The fourth-order valence-electron chi connectivity index (χ4n) is 3.17. The van der Waals surface area contributed by atoms with E-state index in [1.54, 1.807) is 6.20 Å². The SMILES string of the molecule is C(=Cc1ccccn1)c1ccc(-c2nnc(-c3ccc4ccccc4c3)o2)cc1. The van der Waals surface area contributed by atoms with Gasteiger partial charge in [0.05, 0.1) is 5.69 Å². The Kier molecular flexibility index (Phi) is 4.43. The average Bonchev–Trinajstić information content (AvgIpc) is 3.29. The molecule has 4 heteroatoms. The molecule has 3 aromatic carbocycles. The molecule has 0 aliphatic rings. The molecule has 0 bridgehead atoms. The molecule has 0 saturated carbocycles. The number of fused-ring (bicyclic) bond motifs is 1. The third kappa shape index (κ3) is 3.69. The van der Waals surface area contributed by atoms with Gasteiger partial charge >= 0.3 is 0 Å². The number of rotatable bonds is 4. The Balaban J connectivity index is 1.37. The highest BCUT2D eigenvalue weighted by molar-refractivity contribution is 5.86. The van der Waals surface area contributed by atoms with Crippen LogP contribution in [0.4, 0.5) is 0 Å². The second kappa shape index (κ2) is 7.52. The highest BCUT2D eigenvalue weighted by Crippen LogP contribution is 2.27. The minimum Gasteiger partial charge on any atom is -0.416 e. The second-order valence-corrected chi connectivity index (χ2v) is 6.68. The van der Waals surface area contributed by atoms with Crippen molar-refractivity contribution in [3.05, 3.63) is 102 Å². The number of benzene rings is 3. The van der Waals surface area contributed by atoms with Gasteiger partial charge in [0.1, 0.15) is 0 Å². The molecule has 0 radical (unpaired) electrons. The van der Waals surface area contributed by atoms with Crippen LogP contribution in [0.25, 0.3) is 45.8 Å². The fraction of sp³-hybridized carbons (Fsp3) is 0. The number of pyridine rings is 1. The molecule has 5 aromatic rings. The van der Waals surface area contributed by atoms with E-state index >= 15 is 0 Å². The smallest absolute Gasteiger partial charge is 0.248 e. The predicted molar refractivity (Wildman–Crippen MR) is 116 cm³/mol. The Bertz CT molecular complexity index is 1290. The Morgan fingerprint density at radius 2 is 1.34 bits per heavy atom. The minimum atomic E-state index is 0.508. The largest absolute Gasteiger partial charge is 0.416 e. The van der Waals surface area contributed by atoms with Gasteiger partial charge in [-0.3, -0.25) is 4.98 Å². The van der Waals surface area contributed by atoms with Crippen molar-refractivity contribution in [2.75, 3.05) is 0 Å². The first kappa shape index (κ1) is 17.1. The van der Waals surface area contributed by atoms with Crippen LogP contribution in [0.3, 0.4) is 0 Å². The summed E-state index contributed by atoms with van der Waals surface area (Å²) in [6, 6.07) is 28.2. The van der Waals surface area contributed by atoms with Crippen molar-refractivity contribution in [2.45, 2.75) is 0 Å². The Morgan fingerprint density at radius 1 is 0.621 bits per heavy atom. The van der Waals surface area contributed by atoms with Gasteiger partial charge in [0.2, 0.25) is 11.8 Å². The first-order valence-electron chi connectivity index (χ1n) is 9.37. The summed E-state index contributed by atoms with van der Waals surface area (Å²) >= 11 is 0. The summed E-state index contributed by atoms with van der Waals surface area (Å²) in [5, 5.41) is 10.8. The summed E-state index contributed by atoms with van der Waals surface area (Å²) < 4.78 is 5.92. The first-order chi connectivity index (χ1) is 14.3. The standard InChI is InChI=1S/C25H17N3O/c1-2-6-21-17-22(14-13-19(21)5-1)25-28-27-24(29-25)20-11-8-18(9-12-20)10-15-23-7-3-4-16-26-23/h1-17H. The Morgan fingerprint density at radius 3 is 2.14 bits per heavy atom. The molecule has 5 rings (SSSR count). The van der Waals surface area contributed by atoms with Crippen LogP contribution in [0.5, 0.6) is 0 Å². The van der Waals surface area contributed by atoms with Gasteiger partial charge in [-0.05, 0) is 58.8 Å². The number of nitrogens with zero attached hydrogens (tertiary/aromatic N) is 3. The average molecular weight is 375 g/mol. The molecular weight excluding hydrogens is 358 g/mol. The molecule has 0 atom stereocenters. The van der Waals surface area contributed by atoms with E-state index in [4.69, 9.17) is 4.42 Å². The van der Waals surface area contributed by atoms with Crippen LogP contribution < -0.4 is 0 Å². The van der Waals surface area contributed by atoms with Crippen molar-refractivity contribution < 1.29 is 4.42 Å². The minimum absolute atomic E-state index is 0.508. The van der Waals surface area contributed by atoms with Gasteiger partial charge in [-0.1, -0.05) is 54.6 Å². The quantitative estimate of drug-likeness (QED) is 0.379. The van der Waals surface area contributed by atoms with E-state index in [-0.39, 0.29) is 0 Å². The summed E-state index contributed by atoms with van der Waals surface area (Å²) in [6.07, 6.45) is 5.80. The van der Waals surface area contributed by atoms with E-state index in [0.717, 1.165) is 27.8 Å². The zero-order chi connectivity index (χ0) is 19.5. The summed E-state index contributed by atoms with van der Waals surface area (Å²) in [4.78, 5) is 4.29. The van der Waals surface area contributed by atoms with Crippen molar-refractivity contribution in [3.63, 3.8) is 0 Å². The molecule has 0 saturated heterocycles. The fourth-order valence-corrected chi connectivity index (χ4v) is 3.17. The van der Waals surface area contributed by atoms with Gasteiger partial charge in [0.15, 0.2) is 0 Å². The maximum atomic E-state index is 5.92. The highest BCUT2D eigenvalue weighted by atomic mass is 16.4. The van der Waals surface area contributed by atoms with E-state index in [2.05, 4.69) is 39.4 Å². The summed E-state index contributed by atoms with van der Waals surface area (Å²) in [6.45, 7) is 0. The molecule has 2 aromatic heterocycles. The summed E-state index contributed by atoms with van der Waals surface area (Å²) in [7, 11) is 0. The van der Waals surface area contributed by atoms with Crippen LogP contribution in [-0.2, 0) is 0 Å². The lowest BCUT2D eigenvalue weighted by Gasteiger charge is -2.00. The van der Waals surface area contributed by atoms with Crippen molar-refractivity contribution in [1.29, 1.82) is 0 Å². The summed E-state index contributed by atoms with van der Waals surface area (Å²) in [5.74, 6) is 1.03.